The fourth-order valence-corrected chi connectivity index (χ4v) is 2.42. The number of rotatable bonds is 7. The first kappa shape index (κ1) is 19.4. The third kappa shape index (κ3) is 5.57. The number of nitrogens with zero attached hydrogens (tertiary/aromatic N) is 3. The van der Waals surface area contributed by atoms with Crippen LogP contribution in [0.1, 0.15) is 15.9 Å². The molecule has 0 bridgehead atoms. The van der Waals surface area contributed by atoms with Crippen LogP contribution in [0.2, 0.25) is 0 Å². The molecule has 0 spiro atoms. The van der Waals surface area contributed by atoms with Crippen molar-refractivity contribution < 1.29 is 22.7 Å². The summed E-state index contributed by atoms with van der Waals surface area (Å²) in [6, 6.07) is 12.2. The van der Waals surface area contributed by atoms with Crippen molar-refractivity contribution in [3.8, 4) is 11.6 Å². The Balaban J connectivity index is 1.46. The minimum absolute atomic E-state index is 0.189. The van der Waals surface area contributed by atoms with E-state index in [1.165, 1.54) is 18.3 Å². The lowest BCUT2D eigenvalue weighted by Crippen LogP contribution is -2.26. The van der Waals surface area contributed by atoms with E-state index in [2.05, 4.69) is 20.1 Å². The summed E-state index contributed by atoms with van der Waals surface area (Å²) in [5.74, 6) is -0.547. The Morgan fingerprint density at radius 3 is 2.54 bits per heavy atom. The first-order chi connectivity index (χ1) is 13.4. The van der Waals surface area contributed by atoms with Gasteiger partial charge in [-0.2, -0.15) is 18.3 Å². The predicted molar refractivity (Wildman–Crippen MR) is 95.4 cm³/mol. The molecule has 3 rings (SSSR count). The summed E-state index contributed by atoms with van der Waals surface area (Å²) in [4.78, 5) is 15.8. The van der Waals surface area contributed by atoms with Gasteiger partial charge in [0.2, 0.25) is 5.88 Å². The topological polar surface area (TPSA) is 69.0 Å². The Labute approximate surface area is 159 Å². The van der Waals surface area contributed by atoms with E-state index in [0.29, 0.717) is 13.0 Å². The molecule has 0 aliphatic heterocycles. The highest BCUT2D eigenvalue weighted by molar-refractivity contribution is 5.93. The second kappa shape index (κ2) is 8.55. The highest BCUT2D eigenvalue weighted by Gasteiger charge is 2.28. The highest BCUT2D eigenvalue weighted by atomic mass is 19.4. The molecule has 0 saturated heterocycles. The second-order valence-corrected chi connectivity index (χ2v) is 5.91. The maximum Gasteiger partial charge on any atom is 0.422 e. The number of carbonyl (C=O) groups is 1. The van der Waals surface area contributed by atoms with Crippen LogP contribution in [0.4, 0.5) is 13.2 Å². The zero-order valence-electron chi connectivity index (χ0n) is 14.7. The fraction of sp³-hybridized carbons (Fsp3) is 0.211. The average molecular weight is 390 g/mol. The lowest BCUT2D eigenvalue weighted by molar-refractivity contribution is -0.154. The SMILES string of the molecule is O=C(NCCc1ccc(-n2cccn2)cc1)c1ccc(OCC(F)(F)F)nc1. The fourth-order valence-electron chi connectivity index (χ4n) is 2.42. The minimum Gasteiger partial charge on any atom is -0.468 e. The molecule has 1 N–H and O–H groups in total. The summed E-state index contributed by atoms with van der Waals surface area (Å²) in [7, 11) is 0. The molecular formula is C19H17F3N4O2. The van der Waals surface area contributed by atoms with E-state index in [0.717, 1.165) is 11.3 Å². The molecule has 0 aliphatic rings. The summed E-state index contributed by atoms with van der Waals surface area (Å²) >= 11 is 0. The Morgan fingerprint density at radius 1 is 1.14 bits per heavy atom. The molecule has 0 aliphatic carbocycles. The van der Waals surface area contributed by atoms with E-state index < -0.39 is 12.8 Å². The van der Waals surface area contributed by atoms with Gasteiger partial charge in [-0.15, -0.1) is 0 Å². The van der Waals surface area contributed by atoms with E-state index in [-0.39, 0.29) is 17.4 Å². The molecule has 6 nitrogen and oxygen atoms in total. The van der Waals surface area contributed by atoms with Crippen LogP contribution in [-0.4, -0.2) is 40.0 Å². The van der Waals surface area contributed by atoms with Crippen LogP contribution in [0.5, 0.6) is 5.88 Å². The maximum atomic E-state index is 12.1. The number of ether oxygens (including phenoxy) is 1. The zero-order valence-corrected chi connectivity index (χ0v) is 14.7. The summed E-state index contributed by atoms with van der Waals surface area (Å²) in [6.07, 6.45) is 0.926. The van der Waals surface area contributed by atoms with Crippen molar-refractivity contribution in [3.63, 3.8) is 0 Å². The van der Waals surface area contributed by atoms with Crippen LogP contribution in [0.15, 0.2) is 61.1 Å². The van der Waals surface area contributed by atoms with Crippen molar-refractivity contribution >= 4 is 5.91 Å². The number of halogens is 3. The largest absolute Gasteiger partial charge is 0.468 e. The van der Waals surface area contributed by atoms with Crippen LogP contribution in [0.25, 0.3) is 5.69 Å². The van der Waals surface area contributed by atoms with Gasteiger partial charge in [0.05, 0.1) is 11.3 Å². The standard InChI is InChI=1S/C19H17F3N4O2/c20-19(21,22)13-28-17-7-4-15(12-24-17)18(27)23-10-8-14-2-5-16(6-3-14)26-11-1-9-25-26/h1-7,9,11-12H,8,10,13H2,(H,23,27). The first-order valence-electron chi connectivity index (χ1n) is 8.43. The van der Waals surface area contributed by atoms with Gasteiger partial charge in [0.25, 0.3) is 5.91 Å². The Bertz CT molecular complexity index is 892. The number of carbonyl (C=O) groups excluding carboxylic acids is 1. The number of aromatic nitrogens is 3. The molecule has 9 heteroatoms. The van der Waals surface area contributed by atoms with Gasteiger partial charge in [0.15, 0.2) is 6.61 Å². The van der Waals surface area contributed by atoms with E-state index in [1.807, 2.05) is 36.5 Å². The van der Waals surface area contributed by atoms with Crippen molar-refractivity contribution in [1.82, 2.24) is 20.1 Å². The number of hydrogen-bond acceptors (Lipinski definition) is 4. The highest BCUT2D eigenvalue weighted by Crippen LogP contribution is 2.17. The quantitative estimate of drug-likeness (QED) is 0.673. The number of benzene rings is 1. The van der Waals surface area contributed by atoms with Gasteiger partial charge < -0.3 is 10.1 Å². The molecule has 28 heavy (non-hydrogen) atoms. The number of pyridine rings is 1. The number of nitrogens with one attached hydrogen (secondary N) is 1. The molecule has 0 atom stereocenters. The number of hydrogen-bond donors (Lipinski definition) is 1. The normalized spacial score (nSPS) is 11.2. The molecule has 1 aromatic carbocycles. The van der Waals surface area contributed by atoms with E-state index in [4.69, 9.17) is 0 Å². The van der Waals surface area contributed by atoms with Crippen LogP contribution < -0.4 is 10.1 Å². The van der Waals surface area contributed by atoms with Crippen molar-refractivity contribution in [2.45, 2.75) is 12.6 Å². The molecule has 2 aromatic heterocycles. The van der Waals surface area contributed by atoms with Gasteiger partial charge in [-0.05, 0) is 36.2 Å². The average Bonchev–Trinajstić information content (AvgIpc) is 3.21. The van der Waals surface area contributed by atoms with Crippen molar-refractivity contribution in [2.24, 2.45) is 0 Å². The third-order valence-corrected chi connectivity index (χ3v) is 3.79. The molecule has 0 fully saturated rings. The van der Waals surface area contributed by atoms with E-state index in [1.54, 1.807) is 10.9 Å². The van der Waals surface area contributed by atoms with Crippen LogP contribution in [0, 0.1) is 0 Å². The minimum atomic E-state index is -4.44. The van der Waals surface area contributed by atoms with Gasteiger partial charge in [-0.3, -0.25) is 4.79 Å². The maximum absolute atomic E-state index is 12.1. The molecule has 0 unspecified atom stereocenters. The second-order valence-electron chi connectivity index (χ2n) is 5.91. The van der Waals surface area contributed by atoms with E-state index in [9.17, 15) is 18.0 Å². The molecule has 3 aromatic rings. The van der Waals surface area contributed by atoms with Crippen LogP contribution >= 0.6 is 0 Å². The van der Waals surface area contributed by atoms with Crippen LogP contribution in [0.3, 0.4) is 0 Å². The number of alkyl halides is 3. The first-order valence-corrected chi connectivity index (χ1v) is 8.43. The molecule has 1 amide bonds. The van der Waals surface area contributed by atoms with E-state index >= 15 is 0 Å². The van der Waals surface area contributed by atoms with Crippen molar-refractivity contribution in [3.05, 3.63) is 72.2 Å². The lowest BCUT2D eigenvalue weighted by Gasteiger charge is -2.09. The molecule has 146 valence electrons. The van der Waals surface area contributed by atoms with Crippen molar-refractivity contribution in [2.75, 3.05) is 13.2 Å². The molecular weight excluding hydrogens is 373 g/mol. The van der Waals surface area contributed by atoms with Gasteiger partial charge >= 0.3 is 6.18 Å². The Kier molecular flexibility index (Phi) is 5.93. The van der Waals surface area contributed by atoms with Gasteiger partial charge in [-0.25, -0.2) is 9.67 Å². The van der Waals surface area contributed by atoms with Crippen molar-refractivity contribution in [1.29, 1.82) is 0 Å². The third-order valence-electron chi connectivity index (χ3n) is 3.79. The zero-order chi connectivity index (χ0) is 20.0. The van der Waals surface area contributed by atoms with Gasteiger partial charge in [0.1, 0.15) is 0 Å². The monoisotopic (exact) mass is 390 g/mol. The Hall–Kier alpha value is -3.36. The summed E-state index contributed by atoms with van der Waals surface area (Å²) < 4.78 is 42.6. The summed E-state index contributed by atoms with van der Waals surface area (Å²) in [6.45, 7) is -1.02. The smallest absolute Gasteiger partial charge is 0.422 e. The Morgan fingerprint density at radius 2 is 1.93 bits per heavy atom. The lowest BCUT2D eigenvalue weighted by atomic mass is 10.1. The summed E-state index contributed by atoms with van der Waals surface area (Å²) in [5, 5.41) is 6.90. The van der Waals surface area contributed by atoms with Gasteiger partial charge in [-0.1, -0.05) is 12.1 Å². The molecule has 0 saturated carbocycles. The molecule has 0 radical (unpaired) electrons. The van der Waals surface area contributed by atoms with Gasteiger partial charge in [0, 0.05) is 31.2 Å². The van der Waals surface area contributed by atoms with Crippen LogP contribution in [-0.2, 0) is 6.42 Å². The predicted octanol–water partition coefficient (Wildman–Crippen LogP) is 3.18. The summed E-state index contributed by atoms with van der Waals surface area (Å²) in [5.41, 5.74) is 2.23. The molecule has 2 heterocycles. The number of amides is 1.